The number of aromatic nitrogens is 1. The minimum absolute atomic E-state index is 0.141. The average Bonchev–Trinajstić information content (AvgIpc) is 2.69. The number of nitrogens with zero attached hydrogens (tertiary/aromatic N) is 2. The summed E-state index contributed by atoms with van der Waals surface area (Å²) in [5, 5.41) is 9.29. The Hall–Kier alpha value is -3.63. The highest BCUT2D eigenvalue weighted by molar-refractivity contribution is 7.75. The smallest absolute Gasteiger partial charge is 0.255 e. The molecule has 0 aliphatic rings. The van der Waals surface area contributed by atoms with Crippen LogP contribution in [0.4, 0.5) is 5.82 Å². The van der Waals surface area contributed by atoms with Gasteiger partial charge < -0.3 is 19.4 Å². The fourth-order valence-corrected chi connectivity index (χ4v) is 2.85. The van der Waals surface area contributed by atoms with Crippen molar-refractivity contribution in [2.45, 2.75) is 4.90 Å². The third-order valence-electron chi connectivity index (χ3n) is 3.48. The maximum atomic E-state index is 12.3. The van der Waals surface area contributed by atoms with Crippen molar-refractivity contribution in [3.8, 4) is 17.6 Å². The topological polar surface area (TPSA) is 106 Å². The lowest BCUT2D eigenvalue weighted by Crippen LogP contribution is -2.01. The van der Waals surface area contributed by atoms with Gasteiger partial charge in [0.15, 0.2) is 0 Å². The molecule has 3 N–H and O–H groups in total. The molecule has 7 heteroatoms. The number of nitrogen functional groups attached to an aromatic ring is 1. The van der Waals surface area contributed by atoms with Gasteiger partial charge in [-0.15, -0.1) is 0 Å². The molecule has 0 aliphatic carbocycles. The molecule has 0 saturated carbocycles. The van der Waals surface area contributed by atoms with Gasteiger partial charge in [-0.25, -0.2) is 4.98 Å². The van der Waals surface area contributed by atoms with Crippen molar-refractivity contribution < 1.29 is 14.1 Å². The number of carbonyl (C=O) groups excluding carboxylic acids is 1. The highest BCUT2D eigenvalue weighted by atomic mass is 32.2. The third kappa shape index (κ3) is 4.71. The number of anilines is 1. The molecule has 0 spiro atoms. The van der Waals surface area contributed by atoms with Gasteiger partial charge in [-0.3, -0.25) is 4.79 Å². The molecule has 0 aliphatic heterocycles. The van der Waals surface area contributed by atoms with Crippen molar-refractivity contribution in [2.24, 2.45) is 4.36 Å². The van der Waals surface area contributed by atoms with Gasteiger partial charge in [0.05, 0.1) is 11.1 Å². The van der Waals surface area contributed by atoms with Gasteiger partial charge in [0, 0.05) is 11.8 Å². The van der Waals surface area contributed by atoms with Gasteiger partial charge in [0.25, 0.3) is 5.91 Å². The van der Waals surface area contributed by atoms with E-state index >= 15 is 0 Å². The molecule has 1 heterocycles. The molecule has 0 saturated heterocycles. The maximum Gasteiger partial charge on any atom is 0.255 e. The number of aromatic hydroxyl groups is 1. The molecule has 3 aromatic rings. The highest BCUT2D eigenvalue weighted by Gasteiger charge is 2.06. The minimum Gasteiger partial charge on any atom is -0.508 e. The van der Waals surface area contributed by atoms with Crippen molar-refractivity contribution in [3.05, 3.63) is 83.6 Å². The Labute approximate surface area is 157 Å². The number of hydrogen-bond acceptors (Lipinski definition) is 6. The van der Waals surface area contributed by atoms with Gasteiger partial charge in [-0.1, -0.05) is 47.1 Å². The number of hydrogen-bond donors (Lipinski definition) is 2. The van der Waals surface area contributed by atoms with E-state index in [0.717, 1.165) is 0 Å². The minimum atomic E-state index is -1.80. The molecule has 1 aromatic heterocycles. The number of carbonyl (C=O) groups is 1. The van der Waals surface area contributed by atoms with Crippen LogP contribution < -0.4 is 5.73 Å². The number of nitrogens with two attached hydrogens (primary N) is 1. The summed E-state index contributed by atoms with van der Waals surface area (Å²) in [7, 11) is -1.80. The molecular weight excluding hydrogens is 362 g/mol. The quantitative estimate of drug-likeness (QED) is 0.528. The zero-order valence-corrected chi connectivity index (χ0v) is 14.8. The van der Waals surface area contributed by atoms with Crippen LogP contribution in [0.15, 0.2) is 76.1 Å². The van der Waals surface area contributed by atoms with Crippen LogP contribution in [0, 0.1) is 11.8 Å². The number of amides is 1. The van der Waals surface area contributed by atoms with Crippen LogP contribution in [-0.2, 0) is 14.8 Å². The highest BCUT2D eigenvalue weighted by Crippen LogP contribution is 2.13. The predicted molar refractivity (Wildman–Crippen MR) is 102 cm³/mol. The van der Waals surface area contributed by atoms with Gasteiger partial charge in [-0.2, -0.15) is 10.6 Å². The zero-order chi connectivity index (χ0) is 19.2. The first-order valence-electron chi connectivity index (χ1n) is 7.82. The lowest BCUT2D eigenvalue weighted by Gasteiger charge is -2.05. The van der Waals surface area contributed by atoms with Crippen LogP contribution in [-0.4, -0.2) is 16.0 Å². The van der Waals surface area contributed by atoms with E-state index < -0.39 is 16.5 Å². The largest absolute Gasteiger partial charge is 0.508 e. The normalized spacial score (nSPS) is 11.4. The summed E-state index contributed by atoms with van der Waals surface area (Å²) in [6.45, 7) is 0. The van der Waals surface area contributed by atoms with Crippen LogP contribution in [0.3, 0.4) is 0 Å². The Balaban J connectivity index is 1.88. The molecule has 0 bridgehead atoms. The van der Waals surface area contributed by atoms with Gasteiger partial charge in [0.2, 0.25) is 0 Å². The van der Waals surface area contributed by atoms with Crippen LogP contribution >= 0.6 is 0 Å². The molecule has 6 nitrogen and oxygen atoms in total. The van der Waals surface area contributed by atoms with Crippen molar-refractivity contribution in [2.75, 3.05) is 5.73 Å². The Morgan fingerprint density at radius 3 is 2.48 bits per heavy atom. The van der Waals surface area contributed by atoms with Crippen molar-refractivity contribution in [1.29, 1.82) is 0 Å². The van der Waals surface area contributed by atoms with Crippen LogP contribution in [0.1, 0.15) is 21.5 Å². The number of rotatable bonds is 2. The fourth-order valence-electron chi connectivity index (χ4n) is 2.09. The zero-order valence-electron chi connectivity index (χ0n) is 14.0. The van der Waals surface area contributed by atoms with Crippen LogP contribution in [0.25, 0.3) is 0 Å². The molecule has 1 amide bonds. The second kappa shape index (κ2) is 8.17. The van der Waals surface area contributed by atoms with Gasteiger partial charge >= 0.3 is 0 Å². The standard InChI is InChI=1S/C20H14N3O3S/c21-19-15(9-6-14-7-10-17(24)11-8-14)12-16(13-22-19)20(25)23-27(26)18-4-2-1-3-5-18/h1-5,7-8,10-13,24H,(H2,21,22)/q-1. The monoisotopic (exact) mass is 376 g/mol. The lowest BCUT2D eigenvalue weighted by molar-refractivity contribution is 0.100. The summed E-state index contributed by atoms with van der Waals surface area (Å²) < 4.78 is 15.8. The Bertz CT molecular complexity index is 1120. The maximum absolute atomic E-state index is 12.3. The van der Waals surface area contributed by atoms with E-state index in [-0.39, 0.29) is 17.1 Å². The summed E-state index contributed by atoms with van der Waals surface area (Å²) in [5.74, 6) is 5.36. The van der Waals surface area contributed by atoms with Crippen molar-refractivity contribution in [1.82, 2.24) is 4.98 Å². The van der Waals surface area contributed by atoms with Crippen molar-refractivity contribution >= 4 is 22.3 Å². The lowest BCUT2D eigenvalue weighted by atomic mass is 10.1. The molecule has 3 rings (SSSR count). The second-order valence-electron chi connectivity index (χ2n) is 5.41. The summed E-state index contributed by atoms with van der Waals surface area (Å²) in [6, 6.07) is 16.3. The first-order valence-corrected chi connectivity index (χ1v) is 8.93. The van der Waals surface area contributed by atoms with E-state index in [1.807, 2.05) is 0 Å². The molecule has 0 unspecified atom stereocenters. The molecular formula is C20H14N3O3S-. The first kappa shape index (κ1) is 18.2. The number of phenolic OH excluding ortho intramolecular Hbond substituents is 1. The SMILES string of the molecule is Nc1ncc(C(=O)N=[S-](=O)c2ccccc2)cc1C#Cc1ccc(O)cc1. The number of phenols is 1. The first-order chi connectivity index (χ1) is 13.0. The van der Waals surface area contributed by atoms with Crippen LogP contribution in [0.2, 0.25) is 0 Å². The number of benzene rings is 2. The summed E-state index contributed by atoms with van der Waals surface area (Å²) >= 11 is 0. The van der Waals surface area contributed by atoms with Crippen LogP contribution in [0.5, 0.6) is 5.75 Å². The van der Waals surface area contributed by atoms with Gasteiger partial charge in [0.1, 0.15) is 11.6 Å². The molecule has 134 valence electrons. The second-order valence-corrected chi connectivity index (χ2v) is 6.56. The third-order valence-corrected chi connectivity index (χ3v) is 4.49. The Kier molecular flexibility index (Phi) is 5.50. The van der Waals surface area contributed by atoms with Crippen molar-refractivity contribution in [3.63, 3.8) is 0 Å². The summed E-state index contributed by atoms with van der Waals surface area (Å²) in [6.07, 6.45) is 1.27. The molecule has 27 heavy (non-hydrogen) atoms. The van der Waals surface area contributed by atoms with E-state index in [2.05, 4.69) is 21.2 Å². The van der Waals surface area contributed by atoms with E-state index in [1.54, 1.807) is 42.5 Å². The molecule has 0 fully saturated rings. The molecule has 0 radical (unpaired) electrons. The van der Waals surface area contributed by atoms with E-state index in [9.17, 15) is 14.1 Å². The summed E-state index contributed by atoms with van der Waals surface area (Å²) in [4.78, 5) is 16.7. The Morgan fingerprint density at radius 2 is 1.78 bits per heavy atom. The fraction of sp³-hybridized carbons (Fsp3) is 0. The van der Waals surface area contributed by atoms with E-state index in [0.29, 0.717) is 16.0 Å². The van der Waals surface area contributed by atoms with E-state index in [4.69, 9.17) is 5.73 Å². The van der Waals surface area contributed by atoms with E-state index in [1.165, 1.54) is 24.4 Å². The predicted octanol–water partition coefficient (Wildman–Crippen LogP) is 3.12. The molecule has 0 atom stereocenters. The Morgan fingerprint density at radius 1 is 1.07 bits per heavy atom. The van der Waals surface area contributed by atoms with Gasteiger partial charge in [-0.05, 0) is 30.3 Å². The summed E-state index contributed by atoms with van der Waals surface area (Å²) in [5.41, 5.74) is 6.98. The molecule has 2 aromatic carbocycles. The number of pyridine rings is 1. The average molecular weight is 376 g/mol.